The van der Waals surface area contributed by atoms with Crippen LogP contribution in [0.25, 0.3) is 5.65 Å². The first-order valence-electron chi connectivity index (χ1n) is 11.4. The first kappa shape index (κ1) is 23.5. The monoisotopic (exact) mass is 461 g/mol. The van der Waals surface area contributed by atoms with Crippen molar-refractivity contribution in [3.05, 3.63) is 72.9 Å². The molecule has 178 valence electrons. The van der Waals surface area contributed by atoms with E-state index in [1.807, 2.05) is 54.0 Å². The lowest BCUT2D eigenvalue weighted by Crippen LogP contribution is -2.47. The molecule has 1 saturated heterocycles. The maximum atomic E-state index is 9.05. The highest BCUT2D eigenvalue weighted by Crippen LogP contribution is 2.31. The van der Waals surface area contributed by atoms with E-state index in [-0.39, 0.29) is 6.61 Å². The number of hydrogen-bond donors (Lipinski definition) is 2. The molecule has 4 heterocycles. The van der Waals surface area contributed by atoms with Crippen molar-refractivity contribution in [3.63, 3.8) is 0 Å². The smallest absolute Gasteiger partial charge is 0.227 e. The third-order valence-corrected chi connectivity index (χ3v) is 5.67. The second-order valence-corrected chi connectivity index (χ2v) is 8.04. The van der Waals surface area contributed by atoms with Crippen molar-refractivity contribution in [2.24, 2.45) is 0 Å². The Morgan fingerprint density at radius 1 is 1.00 bits per heavy atom. The number of aromatic nitrogens is 4. The lowest BCUT2D eigenvalue weighted by atomic mass is 10.2. The Bertz CT molecular complexity index is 1140. The highest BCUT2D eigenvalue weighted by molar-refractivity contribution is 5.68. The number of fused-ring (bicyclic) bond motifs is 1. The average Bonchev–Trinajstić information content (AvgIpc) is 3.36. The zero-order chi connectivity index (χ0) is 23.8. The lowest BCUT2D eigenvalue weighted by molar-refractivity contribution is 0.189. The second kappa shape index (κ2) is 11.4. The summed E-state index contributed by atoms with van der Waals surface area (Å²) in [5, 5.41) is 12.3. The van der Waals surface area contributed by atoms with Crippen LogP contribution in [0.1, 0.15) is 5.56 Å². The van der Waals surface area contributed by atoms with E-state index in [0.29, 0.717) is 5.95 Å². The van der Waals surface area contributed by atoms with Crippen LogP contribution in [0.4, 0.5) is 17.3 Å². The standard InChI is InChI=1S/C18H25N5O2.C7H6N2/c1-14-12-19-18(20-13-14)21-16-4-3-15(11-17(16)25-2)23-7-5-22(6-8-23)9-10-24;1-2-5-9-6-4-8-7(9)3-1/h3-4,11-13,24H,5-10H2,1-2H3,(H,19,20,21);1-6H. The van der Waals surface area contributed by atoms with Gasteiger partial charge in [-0.05, 0) is 36.8 Å². The summed E-state index contributed by atoms with van der Waals surface area (Å²) in [5.41, 5.74) is 4.00. The van der Waals surface area contributed by atoms with Crippen LogP contribution in [0.15, 0.2) is 67.4 Å². The summed E-state index contributed by atoms with van der Waals surface area (Å²) < 4.78 is 7.52. The van der Waals surface area contributed by atoms with Crippen molar-refractivity contribution in [2.75, 3.05) is 56.7 Å². The van der Waals surface area contributed by atoms with Crippen LogP contribution in [-0.2, 0) is 0 Å². The van der Waals surface area contributed by atoms with Gasteiger partial charge < -0.3 is 24.5 Å². The van der Waals surface area contributed by atoms with E-state index in [1.54, 1.807) is 25.7 Å². The van der Waals surface area contributed by atoms with Gasteiger partial charge in [-0.25, -0.2) is 15.0 Å². The molecule has 3 aromatic heterocycles. The molecule has 0 atom stereocenters. The number of benzene rings is 1. The molecule has 1 fully saturated rings. The van der Waals surface area contributed by atoms with Crippen molar-refractivity contribution >= 4 is 23.0 Å². The normalized spacial score (nSPS) is 13.9. The number of methoxy groups -OCH3 is 1. The maximum absolute atomic E-state index is 9.05. The number of piperazine rings is 1. The molecule has 2 N–H and O–H groups in total. The zero-order valence-corrected chi connectivity index (χ0v) is 19.6. The van der Waals surface area contributed by atoms with E-state index in [4.69, 9.17) is 9.84 Å². The number of rotatable bonds is 6. The highest BCUT2D eigenvalue weighted by atomic mass is 16.5. The Balaban J connectivity index is 0.000000252. The number of aliphatic hydroxyl groups is 1. The zero-order valence-electron chi connectivity index (χ0n) is 19.6. The molecule has 0 spiro atoms. The van der Waals surface area contributed by atoms with Crippen LogP contribution in [0.2, 0.25) is 0 Å². The van der Waals surface area contributed by atoms with E-state index in [0.717, 1.165) is 61.1 Å². The topological polar surface area (TPSA) is 91.0 Å². The minimum Gasteiger partial charge on any atom is -0.494 e. The van der Waals surface area contributed by atoms with Crippen LogP contribution < -0.4 is 15.0 Å². The number of aryl methyl sites for hydroxylation is 1. The highest BCUT2D eigenvalue weighted by Gasteiger charge is 2.18. The predicted molar refractivity (Wildman–Crippen MR) is 134 cm³/mol. The van der Waals surface area contributed by atoms with Crippen LogP contribution in [0, 0.1) is 6.92 Å². The van der Waals surface area contributed by atoms with E-state index in [1.165, 1.54) is 0 Å². The van der Waals surface area contributed by atoms with Gasteiger partial charge in [-0.15, -0.1) is 0 Å². The summed E-state index contributed by atoms with van der Waals surface area (Å²) in [7, 11) is 1.67. The summed E-state index contributed by atoms with van der Waals surface area (Å²) in [6.07, 6.45) is 9.25. The molecule has 0 amide bonds. The number of nitrogens with one attached hydrogen (secondary N) is 1. The van der Waals surface area contributed by atoms with Crippen LogP contribution >= 0.6 is 0 Å². The van der Waals surface area contributed by atoms with Gasteiger partial charge in [0.05, 0.1) is 19.4 Å². The van der Waals surface area contributed by atoms with Gasteiger partial charge in [-0.1, -0.05) is 6.07 Å². The second-order valence-electron chi connectivity index (χ2n) is 8.04. The number of aliphatic hydroxyl groups excluding tert-OH is 1. The Morgan fingerprint density at radius 3 is 2.50 bits per heavy atom. The maximum Gasteiger partial charge on any atom is 0.227 e. The summed E-state index contributed by atoms with van der Waals surface area (Å²) >= 11 is 0. The van der Waals surface area contributed by atoms with E-state index in [9.17, 15) is 0 Å². The van der Waals surface area contributed by atoms with Crippen LogP contribution in [0.3, 0.4) is 0 Å². The third kappa shape index (κ3) is 6.00. The van der Waals surface area contributed by atoms with Crippen molar-refractivity contribution in [3.8, 4) is 5.75 Å². The number of anilines is 3. The van der Waals surface area contributed by atoms with Gasteiger partial charge in [0.1, 0.15) is 11.4 Å². The van der Waals surface area contributed by atoms with E-state index in [2.05, 4.69) is 36.1 Å². The van der Waals surface area contributed by atoms with Crippen molar-refractivity contribution in [1.29, 1.82) is 0 Å². The molecule has 1 aliphatic heterocycles. The number of imidazole rings is 1. The van der Waals surface area contributed by atoms with Gasteiger partial charge >= 0.3 is 0 Å². The Morgan fingerprint density at radius 2 is 1.79 bits per heavy atom. The molecule has 0 saturated carbocycles. The Hall–Kier alpha value is -3.69. The van der Waals surface area contributed by atoms with Crippen LogP contribution in [0.5, 0.6) is 5.75 Å². The van der Waals surface area contributed by atoms with Crippen molar-refractivity contribution < 1.29 is 9.84 Å². The minimum atomic E-state index is 0.218. The number of pyridine rings is 1. The molecular weight excluding hydrogens is 430 g/mol. The van der Waals surface area contributed by atoms with Crippen LogP contribution in [-0.4, -0.2) is 75.8 Å². The largest absolute Gasteiger partial charge is 0.494 e. The molecule has 0 radical (unpaired) electrons. The average molecular weight is 462 g/mol. The van der Waals surface area contributed by atoms with Gasteiger partial charge in [0, 0.05) is 75.5 Å². The number of nitrogens with zero attached hydrogens (tertiary/aromatic N) is 6. The quantitative estimate of drug-likeness (QED) is 0.453. The summed E-state index contributed by atoms with van der Waals surface area (Å²) in [6.45, 7) is 6.72. The molecule has 0 unspecified atom stereocenters. The molecule has 0 aliphatic carbocycles. The predicted octanol–water partition coefficient (Wildman–Crippen LogP) is 2.99. The molecular formula is C25H31N7O2. The first-order chi connectivity index (χ1) is 16.7. The molecule has 9 nitrogen and oxygen atoms in total. The molecule has 4 aromatic rings. The summed E-state index contributed by atoms with van der Waals surface area (Å²) in [6, 6.07) is 12.0. The summed E-state index contributed by atoms with van der Waals surface area (Å²) in [5.74, 6) is 1.31. The van der Waals surface area contributed by atoms with Gasteiger partial charge in [-0.3, -0.25) is 4.90 Å². The molecule has 1 aliphatic rings. The van der Waals surface area contributed by atoms with E-state index < -0.39 is 0 Å². The van der Waals surface area contributed by atoms with Gasteiger partial charge in [0.15, 0.2) is 0 Å². The van der Waals surface area contributed by atoms with Crippen molar-refractivity contribution in [1.82, 2.24) is 24.3 Å². The van der Waals surface area contributed by atoms with Crippen molar-refractivity contribution in [2.45, 2.75) is 6.92 Å². The molecule has 0 bridgehead atoms. The first-order valence-corrected chi connectivity index (χ1v) is 11.4. The SMILES string of the molecule is COc1cc(N2CCN(CCO)CC2)ccc1Nc1ncc(C)cn1.c1ccn2ccnc2c1. The fraction of sp³-hybridized carbons (Fsp3) is 0.320. The van der Waals surface area contributed by atoms with Gasteiger partial charge in [0.25, 0.3) is 0 Å². The molecule has 34 heavy (non-hydrogen) atoms. The number of ether oxygens (including phenoxy) is 1. The fourth-order valence-corrected chi connectivity index (χ4v) is 3.79. The number of β-amino-alcohol motifs (C(OH)–C–C–N with tert-alkyl or cyclic N) is 1. The fourth-order valence-electron chi connectivity index (χ4n) is 3.79. The molecule has 5 rings (SSSR count). The number of hydrogen-bond acceptors (Lipinski definition) is 8. The van der Waals surface area contributed by atoms with E-state index >= 15 is 0 Å². The lowest BCUT2D eigenvalue weighted by Gasteiger charge is -2.36. The molecule has 1 aromatic carbocycles. The van der Waals surface area contributed by atoms with Gasteiger partial charge in [0.2, 0.25) is 5.95 Å². The molecule has 9 heteroatoms. The van der Waals surface area contributed by atoms with Gasteiger partial charge in [-0.2, -0.15) is 0 Å². The summed E-state index contributed by atoms with van der Waals surface area (Å²) in [4.78, 5) is 17.2. The minimum absolute atomic E-state index is 0.218. The third-order valence-electron chi connectivity index (χ3n) is 5.67. The Kier molecular flexibility index (Phi) is 7.90. The Labute approximate surface area is 199 Å².